The number of ketones is 1. The van der Waals surface area contributed by atoms with Gasteiger partial charge < -0.3 is 5.32 Å². The normalized spacial score (nSPS) is 21.8. The van der Waals surface area contributed by atoms with Gasteiger partial charge in [-0.15, -0.1) is 0 Å². The SMILES string of the molecule is CC(C)C(=O)C(C)CC(C)C1CNC1. The number of Topliss-reactive ketones (excluding diaryl/α,β-unsaturated/α-hetero) is 1. The predicted molar refractivity (Wildman–Crippen MR) is 59.1 cm³/mol. The van der Waals surface area contributed by atoms with Gasteiger partial charge in [0.2, 0.25) is 0 Å². The number of rotatable bonds is 5. The highest BCUT2D eigenvalue weighted by Gasteiger charge is 2.27. The molecule has 0 spiro atoms. The Balaban J connectivity index is 2.31. The zero-order valence-electron chi connectivity index (χ0n) is 9.84. The van der Waals surface area contributed by atoms with Crippen molar-refractivity contribution in [2.24, 2.45) is 23.7 Å². The van der Waals surface area contributed by atoms with Crippen molar-refractivity contribution in [1.29, 1.82) is 0 Å². The lowest BCUT2D eigenvalue weighted by atomic mass is 9.80. The van der Waals surface area contributed by atoms with E-state index in [0.29, 0.717) is 11.7 Å². The van der Waals surface area contributed by atoms with Crippen LogP contribution in [0.25, 0.3) is 0 Å². The van der Waals surface area contributed by atoms with Gasteiger partial charge in [0, 0.05) is 11.8 Å². The molecule has 1 aliphatic heterocycles. The molecule has 2 unspecified atom stereocenters. The van der Waals surface area contributed by atoms with Gasteiger partial charge in [-0.3, -0.25) is 4.79 Å². The van der Waals surface area contributed by atoms with E-state index in [9.17, 15) is 4.79 Å². The number of carbonyl (C=O) groups is 1. The van der Waals surface area contributed by atoms with Crippen LogP contribution in [0.2, 0.25) is 0 Å². The van der Waals surface area contributed by atoms with E-state index in [1.807, 2.05) is 13.8 Å². The van der Waals surface area contributed by atoms with E-state index in [4.69, 9.17) is 0 Å². The monoisotopic (exact) mass is 197 g/mol. The summed E-state index contributed by atoms with van der Waals surface area (Å²) >= 11 is 0. The average Bonchev–Trinajstić information content (AvgIpc) is 1.98. The van der Waals surface area contributed by atoms with Gasteiger partial charge in [0.05, 0.1) is 0 Å². The van der Waals surface area contributed by atoms with Crippen LogP contribution < -0.4 is 5.32 Å². The highest BCUT2D eigenvalue weighted by molar-refractivity contribution is 5.82. The van der Waals surface area contributed by atoms with Gasteiger partial charge in [-0.1, -0.05) is 27.7 Å². The fourth-order valence-corrected chi connectivity index (χ4v) is 2.15. The highest BCUT2D eigenvalue weighted by atomic mass is 16.1. The van der Waals surface area contributed by atoms with E-state index in [1.165, 1.54) is 0 Å². The van der Waals surface area contributed by atoms with Crippen LogP contribution >= 0.6 is 0 Å². The zero-order chi connectivity index (χ0) is 10.7. The molecule has 14 heavy (non-hydrogen) atoms. The molecule has 0 amide bonds. The highest BCUT2D eigenvalue weighted by Crippen LogP contribution is 2.24. The quantitative estimate of drug-likeness (QED) is 0.731. The van der Waals surface area contributed by atoms with Crippen molar-refractivity contribution in [3.63, 3.8) is 0 Å². The third-order valence-electron chi connectivity index (χ3n) is 3.40. The first-order valence-corrected chi connectivity index (χ1v) is 5.76. The summed E-state index contributed by atoms with van der Waals surface area (Å²) in [7, 11) is 0. The van der Waals surface area contributed by atoms with Crippen molar-refractivity contribution < 1.29 is 4.79 Å². The molecule has 0 aromatic carbocycles. The van der Waals surface area contributed by atoms with E-state index in [0.717, 1.165) is 25.4 Å². The zero-order valence-corrected chi connectivity index (χ0v) is 9.84. The van der Waals surface area contributed by atoms with Gasteiger partial charge in [0.25, 0.3) is 0 Å². The second-order valence-corrected chi connectivity index (χ2v) is 5.09. The molecule has 1 rings (SSSR count). The summed E-state index contributed by atoms with van der Waals surface area (Å²) in [4.78, 5) is 11.7. The molecule has 1 saturated heterocycles. The minimum absolute atomic E-state index is 0.191. The van der Waals surface area contributed by atoms with E-state index < -0.39 is 0 Å². The molecule has 0 aliphatic carbocycles. The summed E-state index contributed by atoms with van der Waals surface area (Å²) < 4.78 is 0. The molecule has 82 valence electrons. The predicted octanol–water partition coefficient (Wildman–Crippen LogP) is 2.09. The first kappa shape index (κ1) is 11.7. The molecule has 1 N–H and O–H groups in total. The van der Waals surface area contributed by atoms with Gasteiger partial charge in [0.1, 0.15) is 5.78 Å². The maximum atomic E-state index is 11.7. The Hall–Kier alpha value is -0.370. The van der Waals surface area contributed by atoms with Crippen molar-refractivity contribution in [2.45, 2.75) is 34.1 Å². The third-order valence-corrected chi connectivity index (χ3v) is 3.40. The number of hydrogen-bond acceptors (Lipinski definition) is 2. The lowest BCUT2D eigenvalue weighted by Gasteiger charge is -2.34. The average molecular weight is 197 g/mol. The van der Waals surface area contributed by atoms with Gasteiger partial charge in [-0.2, -0.15) is 0 Å². The Morgan fingerprint density at radius 3 is 2.21 bits per heavy atom. The van der Waals surface area contributed by atoms with Crippen molar-refractivity contribution >= 4 is 5.78 Å². The Labute approximate surface area is 87.5 Å². The van der Waals surface area contributed by atoms with E-state index in [-0.39, 0.29) is 11.8 Å². The standard InChI is InChI=1S/C12H23NO/c1-8(2)12(14)10(4)5-9(3)11-6-13-7-11/h8-11,13H,5-7H2,1-4H3. The van der Waals surface area contributed by atoms with Crippen molar-refractivity contribution in [3.8, 4) is 0 Å². The number of carbonyl (C=O) groups excluding carboxylic acids is 1. The molecule has 0 bridgehead atoms. The number of hydrogen-bond donors (Lipinski definition) is 1. The van der Waals surface area contributed by atoms with Crippen LogP contribution in [0.15, 0.2) is 0 Å². The Kier molecular flexibility index (Phi) is 4.11. The third kappa shape index (κ3) is 2.81. The minimum atomic E-state index is 0.191. The lowest BCUT2D eigenvalue weighted by molar-refractivity contribution is -0.126. The fraction of sp³-hybridized carbons (Fsp3) is 0.917. The van der Waals surface area contributed by atoms with Crippen LogP contribution in [0.3, 0.4) is 0 Å². The molecule has 1 aliphatic rings. The Morgan fingerprint density at radius 1 is 1.29 bits per heavy atom. The molecule has 0 radical (unpaired) electrons. The van der Waals surface area contributed by atoms with Crippen molar-refractivity contribution in [3.05, 3.63) is 0 Å². The lowest BCUT2D eigenvalue weighted by Crippen LogP contribution is -2.46. The summed E-state index contributed by atoms with van der Waals surface area (Å²) in [6.45, 7) is 10.6. The van der Waals surface area contributed by atoms with E-state index >= 15 is 0 Å². The van der Waals surface area contributed by atoms with Crippen LogP contribution in [0.4, 0.5) is 0 Å². The molecule has 2 heteroatoms. The molecule has 2 atom stereocenters. The van der Waals surface area contributed by atoms with Crippen LogP contribution in [0.5, 0.6) is 0 Å². The second-order valence-electron chi connectivity index (χ2n) is 5.09. The van der Waals surface area contributed by atoms with Crippen molar-refractivity contribution in [1.82, 2.24) is 5.32 Å². The van der Waals surface area contributed by atoms with Gasteiger partial charge >= 0.3 is 0 Å². The molecule has 0 aromatic rings. The van der Waals surface area contributed by atoms with Crippen molar-refractivity contribution in [2.75, 3.05) is 13.1 Å². The maximum absolute atomic E-state index is 11.7. The first-order chi connectivity index (χ1) is 6.52. The second kappa shape index (κ2) is 4.92. The van der Waals surface area contributed by atoms with Crippen LogP contribution in [-0.2, 0) is 4.79 Å². The van der Waals surface area contributed by atoms with E-state index in [1.54, 1.807) is 0 Å². The molecule has 0 aromatic heterocycles. The smallest absolute Gasteiger partial charge is 0.138 e. The number of nitrogens with one attached hydrogen (secondary N) is 1. The van der Waals surface area contributed by atoms with Gasteiger partial charge in [-0.05, 0) is 31.3 Å². The molecular weight excluding hydrogens is 174 g/mol. The van der Waals surface area contributed by atoms with Crippen LogP contribution in [-0.4, -0.2) is 18.9 Å². The Bertz CT molecular complexity index is 196. The van der Waals surface area contributed by atoms with Gasteiger partial charge in [0.15, 0.2) is 0 Å². The fourth-order valence-electron chi connectivity index (χ4n) is 2.15. The summed E-state index contributed by atoms with van der Waals surface area (Å²) in [6.07, 6.45) is 1.06. The molecule has 0 saturated carbocycles. The summed E-state index contributed by atoms with van der Waals surface area (Å²) in [5, 5.41) is 3.28. The summed E-state index contributed by atoms with van der Waals surface area (Å²) in [5.41, 5.74) is 0. The topological polar surface area (TPSA) is 29.1 Å². The maximum Gasteiger partial charge on any atom is 0.138 e. The summed E-state index contributed by atoms with van der Waals surface area (Å²) in [5.74, 6) is 2.35. The van der Waals surface area contributed by atoms with E-state index in [2.05, 4.69) is 19.2 Å². The molecule has 2 nitrogen and oxygen atoms in total. The van der Waals surface area contributed by atoms with Crippen LogP contribution in [0.1, 0.15) is 34.1 Å². The summed E-state index contributed by atoms with van der Waals surface area (Å²) in [6, 6.07) is 0. The van der Waals surface area contributed by atoms with Gasteiger partial charge in [-0.25, -0.2) is 0 Å². The first-order valence-electron chi connectivity index (χ1n) is 5.76. The molecule has 1 heterocycles. The minimum Gasteiger partial charge on any atom is -0.316 e. The largest absolute Gasteiger partial charge is 0.316 e. The molecule has 1 fully saturated rings. The van der Waals surface area contributed by atoms with Crippen LogP contribution in [0, 0.1) is 23.7 Å². The Morgan fingerprint density at radius 2 is 1.86 bits per heavy atom. The molecular formula is C12H23NO.